The molecule has 0 aliphatic carbocycles. The van der Waals surface area contributed by atoms with E-state index in [1.165, 1.54) is 0 Å². The Hall–Kier alpha value is -2.13. The summed E-state index contributed by atoms with van der Waals surface area (Å²) in [6.07, 6.45) is 3.35. The maximum atomic E-state index is 5.82. The molecule has 3 aromatic rings. The second kappa shape index (κ2) is 4.63. The standard InChI is InChI=1S/C14H9ClN2O/c15-13-9-11(6-8-16-13)18-12-5-1-3-10-4-2-7-17-14(10)12/h1-9H. The maximum absolute atomic E-state index is 5.82. The molecule has 0 N–H and O–H groups in total. The van der Waals surface area contributed by atoms with E-state index in [2.05, 4.69) is 9.97 Å². The van der Waals surface area contributed by atoms with Crippen LogP contribution in [0.25, 0.3) is 10.9 Å². The van der Waals surface area contributed by atoms with Crippen LogP contribution < -0.4 is 4.74 Å². The molecule has 0 radical (unpaired) electrons. The molecular formula is C14H9ClN2O. The van der Waals surface area contributed by atoms with Crippen LogP contribution in [0.2, 0.25) is 5.15 Å². The van der Waals surface area contributed by atoms with Gasteiger partial charge in [0.25, 0.3) is 0 Å². The van der Waals surface area contributed by atoms with Crippen molar-refractivity contribution in [3.05, 3.63) is 60.0 Å². The second-order valence-electron chi connectivity index (χ2n) is 3.75. The van der Waals surface area contributed by atoms with Gasteiger partial charge in [0.1, 0.15) is 16.4 Å². The van der Waals surface area contributed by atoms with Crippen molar-refractivity contribution in [2.75, 3.05) is 0 Å². The van der Waals surface area contributed by atoms with Crippen LogP contribution in [0.5, 0.6) is 11.5 Å². The number of hydrogen-bond acceptors (Lipinski definition) is 3. The van der Waals surface area contributed by atoms with Crippen LogP contribution in [-0.2, 0) is 0 Å². The molecule has 3 rings (SSSR count). The van der Waals surface area contributed by atoms with Gasteiger partial charge >= 0.3 is 0 Å². The van der Waals surface area contributed by atoms with E-state index in [9.17, 15) is 0 Å². The molecule has 0 saturated heterocycles. The lowest BCUT2D eigenvalue weighted by atomic mass is 10.2. The molecule has 2 aromatic heterocycles. The van der Waals surface area contributed by atoms with Crippen molar-refractivity contribution < 1.29 is 4.74 Å². The van der Waals surface area contributed by atoms with Gasteiger partial charge in [0, 0.05) is 23.8 Å². The number of para-hydroxylation sites is 1. The maximum Gasteiger partial charge on any atom is 0.153 e. The third-order valence-corrected chi connectivity index (χ3v) is 2.73. The van der Waals surface area contributed by atoms with Crippen LogP contribution in [-0.4, -0.2) is 9.97 Å². The number of rotatable bonds is 2. The number of fused-ring (bicyclic) bond motifs is 1. The third-order valence-electron chi connectivity index (χ3n) is 2.52. The van der Waals surface area contributed by atoms with Crippen molar-refractivity contribution >= 4 is 22.5 Å². The predicted octanol–water partition coefficient (Wildman–Crippen LogP) is 4.08. The van der Waals surface area contributed by atoms with Crippen LogP contribution in [0.3, 0.4) is 0 Å². The molecule has 1 aromatic carbocycles. The van der Waals surface area contributed by atoms with Crippen LogP contribution in [0, 0.1) is 0 Å². The average Bonchev–Trinajstić information content (AvgIpc) is 2.39. The predicted molar refractivity (Wildman–Crippen MR) is 71.1 cm³/mol. The van der Waals surface area contributed by atoms with Gasteiger partial charge in [-0.2, -0.15) is 0 Å². The Morgan fingerprint density at radius 2 is 1.83 bits per heavy atom. The summed E-state index contributed by atoms with van der Waals surface area (Å²) in [6, 6.07) is 13.1. The van der Waals surface area contributed by atoms with E-state index in [0.717, 1.165) is 10.9 Å². The quantitative estimate of drug-likeness (QED) is 0.648. The van der Waals surface area contributed by atoms with Crippen molar-refractivity contribution in [3.63, 3.8) is 0 Å². The van der Waals surface area contributed by atoms with Gasteiger partial charge in [-0.3, -0.25) is 4.98 Å². The van der Waals surface area contributed by atoms with Gasteiger partial charge in [-0.1, -0.05) is 29.8 Å². The molecule has 0 aliphatic rings. The Balaban J connectivity index is 2.05. The molecule has 3 nitrogen and oxygen atoms in total. The van der Waals surface area contributed by atoms with E-state index in [1.807, 2.05) is 30.3 Å². The fourth-order valence-corrected chi connectivity index (χ4v) is 1.90. The lowest BCUT2D eigenvalue weighted by Crippen LogP contribution is -1.88. The molecule has 18 heavy (non-hydrogen) atoms. The van der Waals surface area contributed by atoms with Crippen molar-refractivity contribution in [3.8, 4) is 11.5 Å². The van der Waals surface area contributed by atoms with Gasteiger partial charge in [0.15, 0.2) is 5.75 Å². The largest absolute Gasteiger partial charge is 0.455 e. The zero-order valence-electron chi connectivity index (χ0n) is 9.38. The summed E-state index contributed by atoms with van der Waals surface area (Å²) in [5.41, 5.74) is 0.827. The SMILES string of the molecule is Clc1cc(Oc2cccc3cccnc23)ccn1. The number of ether oxygens (including phenoxy) is 1. The van der Waals surface area contributed by atoms with Crippen LogP contribution in [0.4, 0.5) is 0 Å². The van der Waals surface area contributed by atoms with E-state index in [1.54, 1.807) is 24.5 Å². The van der Waals surface area contributed by atoms with E-state index < -0.39 is 0 Å². The van der Waals surface area contributed by atoms with Crippen molar-refractivity contribution in [2.45, 2.75) is 0 Å². The topological polar surface area (TPSA) is 35.0 Å². The normalized spacial score (nSPS) is 10.5. The minimum atomic E-state index is 0.403. The molecule has 88 valence electrons. The molecule has 2 heterocycles. The molecule has 0 fully saturated rings. The number of hydrogen-bond donors (Lipinski definition) is 0. The van der Waals surface area contributed by atoms with Gasteiger partial charge in [-0.15, -0.1) is 0 Å². The molecule has 0 bridgehead atoms. The lowest BCUT2D eigenvalue weighted by molar-refractivity contribution is 0.486. The highest BCUT2D eigenvalue weighted by atomic mass is 35.5. The summed E-state index contributed by atoms with van der Waals surface area (Å²) in [6.45, 7) is 0. The molecule has 4 heteroatoms. The van der Waals surface area contributed by atoms with E-state index in [0.29, 0.717) is 16.7 Å². The first-order valence-electron chi connectivity index (χ1n) is 5.46. The Morgan fingerprint density at radius 1 is 0.944 bits per heavy atom. The monoisotopic (exact) mass is 256 g/mol. The molecule has 0 aliphatic heterocycles. The van der Waals surface area contributed by atoms with Gasteiger partial charge in [-0.25, -0.2) is 4.98 Å². The summed E-state index contributed by atoms with van der Waals surface area (Å²) >= 11 is 5.82. The van der Waals surface area contributed by atoms with Crippen LogP contribution in [0.1, 0.15) is 0 Å². The summed E-state index contributed by atoms with van der Waals surface area (Å²) < 4.78 is 5.79. The van der Waals surface area contributed by atoms with E-state index >= 15 is 0 Å². The molecule has 0 unspecified atom stereocenters. The van der Waals surface area contributed by atoms with Crippen molar-refractivity contribution in [1.82, 2.24) is 9.97 Å². The number of halogens is 1. The van der Waals surface area contributed by atoms with E-state index in [4.69, 9.17) is 16.3 Å². The van der Waals surface area contributed by atoms with E-state index in [-0.39, 0.29) is 0 Å². The number of benzene rings is 1. The summed E-state index contributed by atoms with van der Waals surface area (Å²) in [4.78, 5) is 8.24. The van der Waals surface area contributed by atoms with Crippen LogP contribution >= 0.6 is 11.6 Å². The van der Waals surface area contributed by atoms with Gasteiger partial charge in [0.2, 0.25) is 0 Å². The van der Waals surface area contributed by atoms with Gasteiger partial charge in [0.05, 0.1) is 0 Å². The number of pyridine rings is 2. The fraction of sp³-hybridized carbons (Fsp3) is 0. The fourth-order valence-electron chi connectivity index (χ4n) is 1.73. The first-order valence-corrected chi connectivity index (χ1v) is 5.84. The van der Waals surface area contributed by atoms with Crippen LogP contribution in [0.15, 0.2) is 54.9 Å². The molecule has 0 atom stereocenters. The van der Waals surface area contributed by atoms with Gasteiger partial charge < -0.3 is 4.74 Å². The minimum Gasteiger partial charge on any atom is -0.455 e. The minimum absolute atomic E-state index is 0.403. The molecular weight excluding hydrogens is 248 g/mol. The highest BCUT2D eigenvalue weighted by Crippen LogP contribution is 2.28. The second-order valence-corrected chi connectivity index (χ2v) is 4.13. The van der Waals surface area contributed by atoms with Gasteiger partial charge in [-0.05, 0) is 18.2 Å². The Kier molecular flexibility index (Phi) is 2.82. The number of aromatic nitrogens is 2. The van der Waals surface area contributed by atoms with Crippen molar-refractivity contribution in [1.29, 1.82) is 0 Å². The first-order chi connectivity index (χ1) is 8.83. The zero-order valence-corrected chi connectivity index (χ0v) is 10.1. The first kappa shape index (κ1) is 11.0. The Morgan fingerprint density at radius 3 is 2.72 bits per heavy atom. The highest BCUT2D eigenvalue weighted by molar-refractivity contribution is 6.29. The smallest absolute Gasteiger partial charge is 0.153 e. The molecule has 0 spiro atoms. The number of nitrogens with zero attached hydrogens (tertiary/aromatic N) is 2. The highest BCUT2D eigenvalue weighted by Gasteiger charge is 2.04. The Bertz CT molecular complexity index is 695. The van der Waals surface area contributed by atoms with Crippen molar-refractivity contribution in [2.24, 2.45) is 0 Å². The average molecular weight is 257 g/mol. The lowest BCUT2D eigenvalue weighted by Gasteiger charge is -2.07. The third kappa shape index (κ3) is 2.13. The zero-order chi connectivity index (χ0) is 12.4. The summed E-state index contributed by atoms with van der Waals surface area (Å²) in [5, 5.41) is 1.44. The summed E-state index contributed by atoms with van der Waals surface area (Å²) in [5.74, 6) is 1.35. The summed E-state index contributed by atoms with van der Waals surface area (Å²) in [7, 11) is 0. The molecule has 0 saturated carbocycles. The molecule has 0 amide bonds. The Labute approximate surface area is 109 Å².